The first kappa shape index (κ1) is 15.8. The topological polar surface area (TPSA) is 78.9 Å². The minimum absolute atomic E-state index is 0.217. The van der Waals surface area contributed by atoms with E-state index in [9.17, 15) is 9.59 Å². The van der Waals surface area contributed by atoms with Gasteiger partial charge in [-0.15, -0.1) is 0 Å². The van der Waals surface area contributed by atoms with Crippen LogP contribution in [-0.2, 0) is 4.79 Å². The summed E-state index contributed by atoms with van der Waals surface area (Å²) in [5.74, 6) is 0.303. The maximum Gasteiger partial charge on any atom is 0.408 e. The van der Waals surface area contributed by atoms with Gasteiger partial charge in [-0.3, -0.25) is 9.69 Å². The lowest BCUT2D eigenvalue weighted by Crippen LogP contribution is -2.48. The van der Waals surface area contributed by atoms with Crippen molar-refractivity contribution < 1.29 is 19.4 Å². The Hall–Kier alpha value is -2.24. The molecule has 0 unspecified atom stereocenters. The predicted molar refractivity (Wildman–Crippen MR) is 76.1 cm³/mol. The Morgan fingerprint density at radius 2 is 1.80 bits per heavy atom. The highest BCUT2D eigenvalue weighted by Crippen LogP contribution is 2.16. The molecule has 2 amide bonds. The van der Waals surface area contributed by atoms with Gasteiger partial charge in [0.15, 0.2) is 0 Å². The van der Waals surface area contributed by atoms with Crippen LogP contribution in [0.4, 0.5) is 10.5 Å². The number of methoxy groups -OCH3 is 1. The molecule has 6 heteroatoms. The zero-order chi connectivity index (χ0) is 15.3. The number of nitrogens with zero attached hydrogens (tertiary/aromatic N) is 1. The van der Waals surface area contributed by atoms with E-state index in [-0.39, 0.29) is 12.5 Å². The fraction of sp³-hybridized carbons (Fsp3) is 0.429. The Labute approximate surface area is 118 Å². The van der Waals surface area contributed by atoms with Crippen molar-refractivity contribution in [2.24, 2.45) is 0 Å². The summed E-state index contributed by atoms with van der Waals surface area (Å²) in [6.45, 7) is 5.00. The van der Waals surface area contributed by atoms with Gasteiger partial charge < -0.3 is 15.2 Å². The van der Waals surface area contributed by atoms with Crippen LogP contribution in [0.5, 0.6) is 5.75 Å². The summed E-state index contributed by atoms with van der Waals surface area (Å²) in [5, 5.41) is 11.8. The van der Waals surface area contributed by atoms with Gasteiger partial charge in [-0.25, -0.2) is 4.79 Å². The molecule has 0 aliphatic heterocycles. The molecule has 1 aromatic rings. The number of nitrogens with one attached hydrogen (secondary N) is 1. The first-order chi connectivity index (χ1) is 9.24. The van der Waals surface area contributed by atoms with Crippen LogP contribution in [-0.4, -0.2) is 41.2 Å². The van der Waals surface area contributed by atoms with Crippen molar-refractivity contribution >= 4 is 17.7 Å². The van der Waals surface area contributed by atoms with E-state index < -0.39 is 11.6 Å². The van der Waals surface area contributed by atoms with Crippen LogP contribution in [0.3, 0.4) is 0 Å². The molecule has 2 N–H and O–H groups in total. The summed E-state index contributed by atoms with van der Waals surface area (Å²) in [6.07, 6.45) is -1.12. The summed E-state index contributed by atoms with van der Waals surface area (Å²) in [6, 6.07) is 6.82. The Morgan fingerprint density at radius 1 is 1.25 bits per heavy atom. The fourth-order valence-electron chi connectivity index (χ4n) is 1.61. The highest BCUT2D eigenvalue weighted by atomic mass is 16.5. The summed E-state index contributed by atoms with van der Waals surface area (Å²) in [7, 11) is 1.56. The third-order valence-corrected chi connectivity index (χ3v) is 2.72. The standard InChI is InChI=1S/C14H20N2O4/c1-14(2,3)16(13(18)19)9-12(17)15-10-5-7-11(20-4)8-6-10/h5-8H,9H2,1-4H3,(H,15,17)(H,18,19). The molecule has 0 fully saturated rings. The Morgan fingerprint density at radius 3 is 2.20 bits per heavy atom. The van der Waals surface area contributed by atoms with E-state index in [1.54, 1.807) is 52.1 Å². The van der Waals surface area contributed by atoms with Crippen LogP contribution in [0.1, 0.15) is 20.8 Å². The smallest absolute Gasteiger partial charge is 0.408 e. The number of ether oxygens (including phenoxy) is 1. The van der Waals surface area contributed by atoms with E-state index >= 15 is 0 Å². The third-order valence-electron chi connectivity index (χ3n) is 2.72. The quantitative estimate of drug-likeness (QED) is 0.887. The van der Waals surface area contributed by atoms with Crippen molar-refractivity contribution in [2.75, 3.05) is 19.0 Å². The maximum atomic E-state index is 11.9. The Bertz CT molecular complexity index is 477. The largest absolute Gasteiger partial charge is 0.497 e. The highest BCUT2D eigenvalue weighted by molar-refractivity contribution is 5.93. The van der Waals surface area contributed by atoms with E-state index in [0.29, 0.717) is 11.4 Å². The highest BCUT2D eigenvalue weighted by Gasteiger charge is 2.28. The van der Waals surface area contributed by atoms with Crippen molar-refractivity contribution in [1.82, 2.24) is 4.90 Å². The fourth-order valence-corrected chi connectivity index (χ4v) is 1.61. The summed E-state index contributed by atoms with van der Waals surface area (Å²) < 4.78 is 5.02. The average Bonchev–Trinajstić information content (AvgIpc) is 2.35. The van der Waals surface area contributed by atoms with Crippen molar-refractivity contribution in [3.8, 4) is 5.75 Å². The van der Waals surface area contributed by atoms with Gasteiger partial charge in [0, 0.05) is 11.2 Å². The van der Waals surface area contributed by atoms with E-state index in [1.165, 1.54) is 0 Å². The van der Waals surface area contributed by atoms with Crippen molar-refractivity contribution in [3.05, 3.63) is 24.3 Å². The number of benzene rings is 1. The minimum Gasteiger partial charge on any atom is -0.497 e. The molecule has 0 aliphatic rings. The molecule has 0 atom stereocenters. The average molecular weight is 280 g/mol. The molecule has 6 nitrogen and oxygen atoms in total. The molecular weight excluding hydrogens is 260 g/mol. The zero-order valence-electron chi connectivity index (χ0n) is 12.1. The molecule has 20 heavy (non-hydrogen) atoms. The lowest BCUT2D eigenvalue weighted by molar-refractivity contribution is -0.118. The van der Waals surface area contributed by atoms with Gasteiger partial charge in [0.05, 0.1) is 7.11 Å². The number of rotatable bonds is 4. The zero-order valence-corrected chi connectivity index (χ0v) is 12.1. The van der Waals surface area contributed by atoms with Crippen LogP contribution in [0.15, 0.2) is 24.3 Å². The lowest BCUT2D eigenvalue weighted by atomic mass is 10.1. The maximum absolute atomic E-state index is 11.9. The van der Waals surface area contributed by atoms with Crippen LogP contribution >= 0.6 is 0 Å². The van der Waals surface area contributed by atoms with Gasteiger partial charge >= 0.3 is 6.09 Å². The molecule has 0 bridgehead atoms. The minimum atomic E-state index is -1.12. The predicted octanol–water partition coefficient (Wildman–Crippen LogP) is 2.41. The van der Waals surface area contributed by atoms with Crippen LogP contribution < -0.4 is 10.1 Å². The third kappa shape index (κ3) is 4.46. The van der Waals surface area contributed by atoms with E-state index in [1.807, 2.05) is 0 Å². The molecule has 1 aromatic carbocycles. The number of carbonyl (C=O) groups excluding carboxylic acids is 1. The van der Waals surface area contributed by atoms with E-state index in [4.69, 9.17) is 9.84 Å². The molecule has 0 saturated carbocycles. The normalized spacial score (nSPS) is 10.8. The molecular formula is C14H20N2O4. The van der Waals surface area contributed by atoms with Gasteiger partial charge in [0.2, 0.25) is 5.91 Å². The van der Waals surface area contributed by atoms with Gasteiger partial charge in [-0.05, 0) is 45.0 Å². The molecule has 0 aliphatic carbocycles. The number of carbonyl (C=O) groups is 2. The monoisotopic (exact) mass is 280 g/mol. The molecule has 0 heterocycles. The molecule has 0 saturated heterocycles. The number of amides is 2. The van der Waals surface area contributed by atoms with Gasteiger partial charge in [-0.2, -0.15) is 0 Å². The summed E-state index contributed by atoms with van der Waals surface area (Å²) in [4.78, 5) is 24.1. The number of anilines is 1. The Kier molecular flexibility index (Phi) is 4.96. The lowest BCUT2D eigenvalue weighted by Gasteiger charge is -2.32. The van der Waals surface area contributed by atoms with E-state index in [2.05, 4.69) is 5.32 Å². The molecule has 0 radical (unpaired) electrons. The number of hydrogen-bond acceptors (Lipinski definition) is 3. The molecule has 0 aromatic heterocycles. The first-order valence-electron chi connectivity index (χ1n) is 6.18. The van der Waals surface area contributed by atoms with Crippen molar-refractivity contribution in [1.29, 1.82) is 0 Å². The molecule has 1 rings (SSSR count). The number of carboxylic acid groups (broad SMARTS) is 1. The molecule has 0 spiro atoms. The summed E-state index contributed by atoms with van der Waals surface area (Å²) >= 11 is 0. The second-order valence-corrected chi connectivity index (χ2v) is 5.32. The van der Waals surface area contributed by atoms with Gasteiger partial charge in [-0.1, -0.05) is 0 Å². The summed E-state index contributed by atoms with van der Waals surface area (Å²) in [5.41, 5.74) is -0.0432. The van der Waals surface area contributed by atoms with Gasteiger partial charge in [0.1, 0.15) is 12.3 Å². The SMILES string of the molecule is COc1ccc(NC(=O)CN(C(=O)O)C(C)(C)C)cc1. The van der Waals surface area contributed by atoms with Crippen LogP contribution in [0.25, 0.3) is 0 Å². The molecule has 110 valence electrons. The Balaban J connectivity index is 2.68. The van der Waals surface area contributed by atoms with Crippen molar-refractivity contribution in [2.45, 2.75) is 26.3 Å². The first-order valence-corrected chi connectivity index (χ1v) is 6.18. The van der Waals surface area contributed by atoms with Crippen LogP contribution in [0.2, 0.25) is 0 Å². The second-order valence-electron chi connectivity index (χ2n) is 5.32. The van der Waals surface area contributed by atoms with Gasteiger partial charge in [0.25, 0.3) is 0 Å². The van der Waals surface area contributed by atoms with Crippen LogP contribution in [0, 0.1) is 0 Å². The van der Waals surface area contributed by atoms with E-state index in [0.717, 1.165) is 4.90 Å². The van der Waals surface area contributed by atoms with Crippen molar-refractivity contribution in [3.63, 3.8) is 0 Å². The number of hydrogen-bond donors (Lipinski definition) is 2. The second kappa shape index (κ2) is 6.27.